The van der Waals surface area contributed by atoms with E-state index in [9.17, 15) is 23.1 Å². The molecule has 1 fully saturated rings. The lowest BCUT2D eigenvalue weighted by atomic mass is 9.91. The molecular weight excluding hydrogens is 584 g/mol. The lowest BCUT2D eigenvalue weighted by molar-refractivity contribution is -0.141. The van der Waals surface area contributed by atoms with Crippen molar-refractivity contribution < 1.29 is 51.1 Å². The zero-order valence-corrected chi connectivity index (χ0v) is 24.0. The summed E-state index contributed by atoms with van der Waals surface area (Å²) in [4.78, 5) is 11.7. The summed E-state index contributed by atoms with van der Waals surface area (Å²) in [7, 11) is 1.32. The Kier molecular flexibility index (Phi) is 8.19. The van der Waals surface area contributed by atoms with Gasteiger partial charge in [-0.3, -0.25) is 4.79 Å². The Morgan fingerprint density at radius 2 is 1.80 bits per heavy atom. The van der Waals surface area contributed by atoms with Crippen molar-refractivity contribution in [2.45, 2.75) is 55.9 Å². The summed E-state index contributed by atoms with van der Waals surface area (Å²) in [6.07, 6.45) is -4.10. The maximum absolute atomic E-state index is 15.4. The van der Waals surface area contributed by atoms with E-state index in [-0.39, 0.29) is 60.0 Å². The molecule has 6 rings (SSSR count). The molecule has 3 aromatic carbocycles. The molecule has 0 aromatic heterocycles. The van der Waals surface area contributed by atoms with Crippen LogP contribution in [0, 0.1) is 5.82 Å². The molecule has 0 radical (unpaired) electrons. The van der Waals surface area contributed by atoms with E-state index in [0.29, 0.717) is 56.0 Å². The average molecular weight is 617 g/mol. The van der Waals surface area contributed by atoms with Gasteiger partial charge >= 0.3 is 12.1 Å². The maximum Gasteiger partial charge on any atom is 0.417 e. The molecule has 0 unspecified atom stereocenters. The van der Waals surface area contributed by atoms with Crippen molar-refractivity contribution in [2.24, 2.45) is 0 Å². The number of halogens is 4. The summed E-state index contributed by atoms with van der Waals surface area (Å²) in [6, 6.07) is 11.8. The highest BCUT2D eigenvalue weighted by Crippen LogP contribution is 2.48. The quantitative estimate of drug-likeness (QED) is 0.227. The minimum absolute atomic E-state index is 0.0359. The molecule has 0 bridgehead atoms. The molecule has 2 aliphatic heterocycles. The first-order chi connectivity index (χ1) is 21.0. The number of ether oxygens (including phenoxy) is 5. The third-order valence-electron chi connectivity index (χ3n) is 8.57. The summed E-state index contributed by atoms with van der Waals surface area (Å²) >= 11 is 0. The number of carbonyl (C=O) groups excluding carboxylic acids is 1. The van der Waals surface area contributed by atoms with Gasteiger partial charge in [0.25, 0.3) is 0 Å². The van der Waals surface area contributed by atoms with Gasteiger partial charge in [0.05, 0.1) is 25.7 Å². The number of carbonyl (C=O) groups is 1. The summed E-state index contributed by atoms with van der Waals surface area (Å²) < 4.78 is 85.8. The minimum Gasteiger partial charge on any atom is -0.492 e. The maximum atomic E-state index is 15.4. The van der Waals surface area contributed by atoms with E-state index >= 15 is 4.39 Å². The number of benzene rings is 3. The molecule has 1 saturated heterocycles. The topological polar surface area (TPSA) is 83.5 Å². The van der Waals surface area contributed by atoms with Crippen LogP contribution in [-0.4, -0.2) is 50.2 Å². The molecule has 3 aromatic rings. The van der Waals surface area contributed by atoms with Crippen molar-refractivity contribution in [1.82, 2.24) is 0 Å². The van der Waals surface area contributed by atoms with Gasteiger partial charge in [-0.1, -0.05) is 18.2 Å². The lowest BCUT2D eigenvalue weighted by Gasteiger charge is -2.31. The molecule has 0 saturated carbocycles. The molecule has 234 valence electrons. The van der Waals surface area contributed by atoms with E-state index in [2.05, 4.69) is 0 Å². The second kappa shape index (κ2) is 11.9. The zero-order valence-electron chi connectivity index (χ0n) is 24.0. The largest absolute Gasteiger partial charge is 0.492 e. The van der Waals surface area contributed by atoms with E-state index in [1.165, 1.54) is 19.2 Å². The van der Waals surface area contributed by atoms with Crippen LogP contribution in [0.2, 0.25) is 0 Å². The van der Waals surface area contributed by atoms with Crippen LogP contribution in [0.1, 0.15) is 60.0 Å². The lowest BCUT2D eigenvalue weighted by Crippen LogP contribution is -2.41. The molecule has 11 heteroatoms. The van der Waals surface area contributed by atoms with Gasteiger partial charge in [-0.2, -0.15) is 13.2 Å². The van der Waals surface area contributed by atoms with Crippen LogP contribution < -0.4 is 14.2 Å². The van der Waals surface area contributed by atoms with E-state index in [1.54, 1.807) is 30.3 Å². The Morgan fingerprint density at radius 3 is 2.50 bits per heavy atom. The van der Waals surface area contributed by atoms with Crippen molar-refractivity contribution in [3.63, 3.8) is 0 Å². The molecule has 2 heterocycles. The molecule has 44 heavy (non-hydrogen) atoms. The van der Waals surface area contributed by atoms with E-state index in [1.807, 2.05) is 0 Å². The fourth-order valence-corrected chi connectivity index (χ4v) is 6.20. The Labute approximate surface area is 251 Å². The predicted molar refractivity (Wildman–Crippen MR) is 150 cm³/mol. The Morgan fingerprint density at radius 1 is 1.07 bits per heavy atom. The number of rotatable bonds is 8. The summed E-state index contributed by atoms with van der Waals surface area (Å²) in [6.45, 7) is 1.19. The third-order valence-corrected chi connectivity index (χ3v) is 8.57. The highest BCUT2D eigenvalue weighted by atomic mass is 19.4. The number of fused-ring (bicyclic) bond motifs is 2. The highest BCUT2D eigenvalue weighted by molar-refractivity contribution is 5.75. The number of aliphatic hydroxyl groups is 1. The van der Waals surface area contributed by atoms with E-state index < -0.39 is 29.3 Å². The Balaban J connectivity index is 1.26. The van der Waals surface area contributed by atoms with Crippen LogP contribution in [-0.2, 0) is 26.9 Å². The van der Waals surface area contributed by atoms with Crippen LogP contribution in [0.3, 0.4) is 0 Å². The molecule has 2 atom stereocenters. The Hall–Kier alpha value is -3.83. The van der Waals surface area contributed by atoms with Crippen LogP contribution >= 0.6 is 0 Å². The van der Waals surface area contributed by atoms with E-state index in [4.69, 9.17) is 23.7 Å². The van der Waals surface area contributed by atoms with Crippen molar-refractivity contribution in [3.8, 4) is 28.4 Å². The molecule has 0 amide bonds. The molecule has 1 aliphatic carbocycles. The van der Waals surface area contributed by atoms with Crippen LogP contribution in [0.25, 0.3) is 11.1 Å². The normalized spacial score (nSPS) is 20.4. The van der Waals surface area contributed by atoms with E-state index in [0.717, 1.165) is 5.56 Å². The van der Waals surface area contributed by atoms with Gasteiger partial charge in [0.2, 0.25) is 0 Å². The molecular formula is C33H32F4O7. The van der Waals surface area contributed by atoms with Crippen LogP contribution in [0.15, 0.2) is 48.5 Å². The molecule has 0 spiro atoms. The average Bonchev–Trinajstić information content (AvgIpc) is 3.60. The Bertz CT molecular complexity index is 1530. The van der Waals surface area contributed by atoms with Crippen molar-refractivity contribution in [1.29, 1.82) is 0 Å². The zero-order chi connectivity index (χ0) is 31.1. The van der Waals surface area contributed by atoms with Gasteiger partial charge in [-0.25, -0.2) is 4.39 Å². The molecule has 7 nitrogen and oxygen atoms in total. The SMILES string of the molecule is COC(=O)C[C@@H]1COc2cc(O[C@@H]3CCc4c(-c5ccc(OCC6(O)CCOCC6)cc5)c(C(F)(F)F)cc(F)c43)ccc21. The second-order valence-corrected chi connectivity index (χ2v) is 11.5. The second-order valence-electron chi connectivity index (χ2n) is 11.5. The third kappa shape index (κ3) is 6.08. The van der Waals surface area contributed by atoms with Crippen LogP contribution in [0.5, 0.6) is 17.2 Å². The number of esters is 1. The van der Waals surface area contributed by atoms with Gasteiger partial charge in [0, 0.05) is 49.2 Å². The first-order valence-electron chi connectivity index (χ1n) is 14.5. The summed E-state index contributed by atoms with van der Waals surface area (Å²) in [5.74, 6) is -0.172. The van der Waals surface area contributed by atoms with Gasteiger partial charge in [0.15, 0.2) is 0 Å². The summed E-state index contributed by atoms with van der Waals surface area (Å²) in [5.41, 5.74) is -0.716. The number of alkyl halides is 3. The highest BCUT2D eigenvalue weighted by Gasteiger charge is 2.40. The van der Waals surface area contributed by atoms with Crippen molar-refractivity contribution >= 4 is 5.97 Å². The fraction of sp³-hybridized carbons (Fsp3) is 0.424. The van der Waals surface area contributed by atoms with Crippen LogP contribution in [0.4, 0.5) is 17.6 Å². The van der Waals surface area contributed by atoms with Gasteiger partial charge < -0.3 is 28.8 Å². The standard InChI is InChI=1S/C33H32F4O7/c1-40-29(38)14-20-17-42-28-15-22(6-7-23(20)28)44-27-9-8-24-30(25(33(35,36)37)16-26(34)31(24)27)19-2-4-21(5-3-19)43-18-32(39)10-12-41-13-11-32/h2-7,15-16,20,27,39H,8-14,17-18H2,1H3/t20-,27-/m1/s1. The van der Waals surface area contributed by atoms with Gasteiger partial charge in [0.1, 0.15) is 41.4 Å². The van der Waals surface area contributed by atoms with Gasteiger partial charge in [-0.15, -0.1) is 0 Å². The first-order valence-corrected chi connectivity index (χ1v) is 14.5. The minimum atomic E-state index is -4.79. The predicted octanol–water partition coefficient (Wildman–Crippen LogP) is 6.54. The first kappa shape index (κ1) is 30.2. The smallest absolute Gasteiger partial charge is 0.417 e. The number of methoxy groups -OCH3 is 1. The summed E-state index contributed by atoms with van der Waals surface area (Å²) in [5, 5.41) is 10.7. The fourth-order valence-electron chi connectivity index (χ4n) is 6.20. The number of hydrogen-bond acceptors (Lipinski definition) is 7. The molecule has 3 aliphatic rings. The van der Waals surface area contributed by atoms with Gasteiger partial charge in [-0.05, 0) is 53.8 Å². The van der Waals surface area contributed by atoms with Crippen molar-refractivity contribution in [3.05, 3.63) is 76.6 Å². The monoisotopic (exact) mass is 616 g/mol. The number of hydrogen-bond donors (Lipinski definition) is 1. The van der Waals surface area contributed by atoms with Crippen molar-refractivity contribution in [2.75, 3.05) is 33.5 Å². The molecule has 1 N–H and O–H groups in total.